The Labute approximate surface area is 160 Å². The number of carbonyl (C=O) groups excluding carboxylic acids is 3. The summed E-state index contributed by atoms with van der Waals surface area (Å²) in [5.74, 6) is -4.35. The Kier molecular flexibility index (Phi) is 5.19. The molecule has 11 nitrogen and oxygen atoms in total. The number of rotatable bonds is 5. The molecule has 0 aromatic rings. The number of carboxylic acids is 1. The summed E-state index contributed by atoms with van der Waals surface area (Å²) in [5, 5.41) is 7.80. The maximum absolute atomic E-state index is 13.1. The first kappa shape index (κ1) is 20.3. The van der Waals surface area contributed by atoms with Crippen LogP contribution in [0.1, 0.15) is 13.3 Å². The van der Waals surface area contributed by atoms with Gasteiger partial charge >= 0.3 is 11.9 Å². The lowest BCUT2D eigenvalue weighted by Crippen LogP contribution is -2.71. The van der Waals surface area contributed by atoms with E-state index in [1.165, 1.54) is 12.0 Å². The van der Waals surface area contributed by atoms with E-state index >= 15 is 0 Å². The first-order valence-electron chi connectivity index (χ1n) is 8.53. The van der Waals surface area contributed by atoms with Crippen molar-refractivity contribution in [2.75, 3.05) is 32.6 Å². The third kappa shape index (κ3) is 3.26. The van der Waals surface area contributed by atoms with Gasteiger partial charge in [-0.2, -0.15) is 0 Å². The molecular weight excluding hydrogens is 396 g/mol. The molecule has 3 rings (SSSR count). The predicted octanol–water partition coefficient (Wildman–Crippen LogP) is -1.65. The first-order chi connectivity index (χ1) is 13.1. The second-order valence-corrected chi connectivity index (χ2v) is 8.97. The van der Waals surface area contributed by atoms with Crippen molar-refractivity contribution in [3.8, 4) is 0 Å². The van der Waals surface area contributed by atoms with Crippen LogP contribution in [0.15, 0.2) is 11.3 Å². The minimum Gasteiger partial charge on any atom is -0.481 e. The monoisotopic (exact) mass is 416 g/mol. The Hall–Kier alpha value is -2.47. The maximum atomic E-state index is 13.1. The number of amides is 2. The van der Waals surface area contributed by atoms with Crippen molar-refractivity contribution in [1.29, 1.82) is 0 Å². The molecule has 0 saturated carbocycles. The summed E-state index contributed by atoms with van der Waals surface area (Å²) in [6.07, 6.45) is -0.960. The van der Waals surface area contributed by atoms with Crippen molar-refractivity contribution in [2.24, 2.45) is 5.92 Å². The summed E-state index contributed by atoms with van der Waals surface area (Å²) >= 11 is 0. The number of fused-ring (bicyclic) bond motifs is 1. The summed E-state index contributed by atoms with van der Waals surface area (Å²) in [7, 11) is -2.66. The summed E-state index contributed by atoms with van der Waals surface area (Å²) in [6.45, 7) is 0.787. The number of sulfone groups is 1. The number of carboxylic acid groups (broad SMARTS) is 1. The fraction of sp³-hybridized carbons (Fsp3) is 0.625. The van der Waals surface area contributed by atoms with E-state index in [1.807, 2.05) is 0 Å². The van der Waals surface area contributed by atoms with Gasteiger partial charge in [-0.25, -0.2) is 8.42 Å². The van der Waals surface area contributed by atoms with Gasteiger partial charge in [-0.15, -0.1) is 0 Å². The largest absolute Gasteiger partial charge is 0.481 e. The van der Waals surface area contributed by atoms with Gasteiger partial charge in [0.15, 0.2) is 21.3 Å². The predicted molar refractivity (Wildman–Crippen MR) is 91.2 cm³/mol. The average molecular weight is 416 g/mol. The van der Waals surface area contributed by atoms with E-state index in [-0.39, 0.29) is 30.8 Å². The van der Waals surface area contributed by atoms with Gasteiger partial charge in [-0.3, -0.25) is 24.1 Å². The fourth-order valence-electron chi connectivity index (χ4n) is 3.66. The molecule has 2 saturated heterocycles. The normalized spacial score (nSPS) is 28.6. The number of hydrogen-bond acceptors (Lipinski definition) is 8. The zero-order valence-electron chi connectivity index (χ0n) is 15.3. The van der Waals surface area contributed by atoms with Crippen molar-refractivity contribution < 1.29 is 42.2 Å². The molecule has 0 aromatic carbocycles. The van der Waals surface area contributed by atoms with E-state index in [4.69, 9.17) is 14.6 Å². The standard InChI is InChI=1S/C16H20N2O9S/c1-8(19)27-6-10-7-28(24,25)15-12(26-2)14(21)18(15)11(10)13(20)17-4-3-9(5-17)16(22)23/h9,12,15H,3-7H2,1-2H3,(H,22,23)/t9?,12-,15+/m0/s1. The van der Waals surface area contributed by atoms with Gasteiger partial charge in [0.2, 0.25) is 0 Å². The van der Waals surface area contributed by atoms with Crippen LogP contribution < -0.4 is 0 Å². The zero-order valence-corrected chi connectivity index (χ0v) is 16.1. The van der Waals surface area contributed by atoms with Crippen LogP contribution in [0.4, 0.5) is 0 Å². The lowest BCUT2D eigenvalue weighted by Gasteiger charge is -2.49. The lowest BCUT2D eigenvalue weighted by molar-refractivity contribution is -0.161. The quantitative estimate of drug-likeness (QED) is 0.411. The molecule has 12 heteroatoms. The van der Waals surface area contributed by atoms with E-state index in [1.54, 1.807) is 0 Å². The molecule has 28 heavy (non-hydrogen) atoms. The molecule has 1 N–H and O–H groups in total. The molecule has 0 radical (unpaired) electrons. The topological polar surface area (TPSA) is 148 Å². The van der Waals surface area contributed by atoms with E-state index in [2.05, 4.69) is 0 Å². The number of β-lactam (4-membered cyclic amide) rings is 1. The van der Waals surface area contributed by atoms with Crippen LogP contribution in [0.5, 0.6) is 0 Å². The fourth-order valence-corrected chi connectivity index (χ4v) is 5.67. The van der Waals surface area contributed by atoms with Gasteiger partial charge in [-0.1, -0.05) is 0 Å². The highest BCUT2D eigenvalue weighted by molar-refractivity contribution is 7.92. The van der Waals surface area contributed by atoms with Crippen LogP contribution in [-0.4, -0.2) is 91.1 Å². The molecule has 2 amide bonds. The summed E-state index contributed by atoms with van der Waals surface area (Å²) in [5.41, 5.74) is -0.191. The first-order valence-corrected chi connectivity index (χ1v) is 10.2. The molecule has 3 atom stereocenters. The zero-order chi connectivity index (χ0) is 20.8. The number of nitrogens with zero attached hydrogens (tertiary/aromatic N) is 2. The van der Waals surface area contributed by atoms with Crippen molar-refractivity contribution in [3.63, 3.8) is 0 Å². The second kappa shape index (κ2) is 7.17. The molecule has 3 aliphatic heterocycles. The Bertz CT molecular complexity index is 879. The number of likely N-dealkylation sites (tertiary alicyclic amines) is 1. The van der Waals surface area contributed by atoms with Gasteiger partial charge in [0.05, 0.1) is 11.7 Å². The molecule has 1 unspecified atom stereocenters. The van der Waals surface area contributed by atoms with Crippen LogP contribution in [-0.2, 0) is 38.5 Å². The molecule has 154 valence electrons. The SMILES string of the molecule is CO[C@H]1C(=O)N2C(C(=O)N3CCC(C(=O)O)C3)=C(COC(C)=O)CS(=O)(=O)[C@H]12. The van der Waals surface area contributed by atoms with Gasteiger partial charge in [-0.05, 0) is 6.42 Å². The molecule has 0 aromatic heterocycles. The molecule has 3 heterocycles. The van der Waals surface area contributed by atoms with Crippen LogP contribution in [0.25, 0.3) is 0 Å². The number of ether oxygens (including phenoxy) is 2. The van der Waals surface area contributed by atoms with Gasteiger partial charge in [0.1, 0.15) is 12.3 Å². The maximum Gasteiger partial charge on any atom is 0.308 e. The van der Waals surface area contributed by atoms with Crippen molar-refractivity contribution in [1.82, 2.24) is 9.80 Å². The number of aliphatic carboxylic acids is 1. The lowest BCUT2D eigenvalue weighted by atomic mass is 10.0. The number of carbonyl (C=O) groups is 4. The van der Waals surface area contributed by atoms with Crippen LogP contribution in [0.2, 0.25) is 0 Å². The Morgan fingerprint density at radius 3 is 2.50 bits per heavy atom. The Morgan fingerprint density at radius 2 is 1.96 bits per heavy atom. The summed E-state index contributed by atoms with van der Waals surface area (Å²) in [4.78, 5) is 50.0. The van der Waals surface area contributed by atoms with Crippen LogP contribution in [0.3, 0.4) is 0 Å². The van der Waals surface area contributed by atoms with Gasteiger partial charge in [0, 0.05) is 32.7 Å². The molecule has 3 aliphatic rings. The van der Waals surface area contributed by atoms with E-state index in [9.17, 15) is 27.6 Å². The minimum absolute atomic E-state index is 0.0156. The highest BCUT2D eigenvalue weighted by atomic mass is 32.2. The Balaban J connectivity index is 1.99. The van der Waals surface area contributed by atoms with Crippen molar-refractivity contribution >= 4 is 33.6 Å². The summed E-state index contributed by atoms with van der Waals surface area (Å²) < 4.78 is 35.0. The van der Waals surface area contributed by atoms with Crippen molar-refractivity contribution in [3.05, 3.63) is 11.3 Å². The van der Waals surface area contributed by atoms with Crippen molar-refractivity contribution in [2.45, 2.75) is 24.8 Å². The third-order valence-corrected chi connectivity index (χ3v) is 6.99. The molecule has 0 bridgehead atoms. The number of esters is 1. The van der Waals surface area contributed by atoms with Crippen LogP contribution in [0, 0.1) is 5.92 Å². The third-order valence-electron chi connectivity index (χ3n) is 5.04. The highest BCUT2D eigenvalue weighted by Gasteiger charge is 2.61. The number of hydrogen-bond donors (Lipinski definition) is 1. The minimum atomic E-state index is -3.86. The van der Waals surface area contributed by atoms with Gasteiger partial charge < -0.3 is 19.5 Å². The second-order valence-electron chi connectivity index (χ2n) is 6.87. The van der Waals surface area contributed by atoms with E-state index < -0.39 is 63.3 Å². The summed E-state index contributed by atoms with van der Waals surface area (Å²) in [6, 6.07) is 0. The smallest absolute Gasteiger partial charge is 0.308 e. The van der Waals surface area contributed by atoms with E-state index in [0.717, 1.165) is 11.8 Å². The van der Waals surface area contributed by atoms with Crippen LogP contribution >= 0.6 is 0 Å². The molecule has 0 spiro atoms. The van der Waals surface area contributed by atoms with E-state index in [0.29, 0.717) is 0 Å². The number of methoxy groups -OCH3 is 1. The molecule has 2 fully saturated rings. The molecule has 0 aliphatic carbocycles. The van der Waals surface area contributed by atoms with Gasteiger partial charge in [0.25, 0.3) is 11.8 Å². The highest BCUT2D eigenvalue weighted by Crippen LogP contribution is 2.39. The Morgan fingerprint density at radius 1 is 1.29 bits per heavy atom. The average Bonchev–Trinajstić information content (AvgIpc) is 3.10. The molecular formula is C16H20N2O9S.